The molecule has 5 nitrogen and oxygen atoms in total. The Hall–Kier alpha value is -0.790. The Labute approximate surface area is 104 Å². The van der Waals surface area contributed by atoms with E-state index in [1.807, 2.05) is 0 Å². The van der Waals surface area contributed by atoms with Crippen molar-refractivity contribution in [1.29, 1.82) is 0 Å². The minimum atomic E-state index is -4.68. The summed E-state index contributed by atoms with van der Waals surface area (Å²) in [6, 6.07) is -1.69. The summed E-state index contributed by atoms with van der Waals surface area (Å²) in [7, 11) is 0. The van der Waals surface area contributed by atoms with Crippen LogP contribution in [0, 0.1) is 5.92 Å². The minimum Gasteiger partial charge on any atom is -0.477 e. The van der Waals surface area contributed by atoms with Crippen molar-refractivity contribution in [3.8, 4) is 0 Å². The Bertz CT molecular complexity index is 303. The topological polar surface area (TPSA) is 104 Å². The average Bonchev–Trinajstić information content (AvgIpc) is 2.29. The van der Waals surface area contributed by atoms with Gasteiger partial charge in [-0.15, -0.1) is 0 Å². The molecule has 7 heteroatoms. The molecule has 1 fully saturated rings. The highest BCUT2D eigenvalue weighted by Gasteiger charge is 2.61. The standard InChI is InChI=1S/C11H19F2NO4/c12-10(13,9(15)16)11(17,18)8(14)6-7-4-2-1-3-5-7/h7-8,17-18H,1-6,14H2,(H,15,16)/t8-/m0/s1. The lowest BCUT2D eigenvalue weighted by Gasteiger charge is -2.35. The normalized spacial score (nSPS) is 20.7. The van der Waals surface area contributed by atoms with Gasteiger partial charge in [-0.2, -0.15) is 8.78 Å². The molecule has 1 rings (SSSR count). The fraction of sp³-hybridized carbons (Fsp3) is 0.909. The van der Waals surface area contributed by atoms with Crippen LogP contribution in [0.1, 0.15) is 38.5 Å². The van der Waals surface area contributed by atoms with E-state index >= 15 is 0 Å². The van der Waals surface area contributed by atoms with E-state index in [0.29, 0.717) is 0 Å². The molecule has 0 saturated heterocycles. The number of rotatable bonds is 5. The van der Waals surface area contributed by atoms with Gasteiger partial charge in [0.1, 0.15) is 0 Å². The van der Waals surface area contributed by atoms with Crippen LogP contribution in [0.4, 0.5) is 8.78 Å². The van der Waals surface area contributed by atoms with Gasteiger partial charge >= 0.3 is 11.9 Å². The summed E-state index contributed by atoms with van der Waals surface area (Å²) in [4.78, 5) is 10.3. The van der Waals surface area contributed by atoms with Gasteiger partial charge in [-0.1, -0.05) is 32.1 Å². The molecule has 106 valence electrons. The lowest BCUT2D eigenvalue weighted by molar-refractivity contribution is -0.300. The van der Waals surface area contributed by atoms with Gasteiger partial charge in [-0.05, 0) is 12.3 Å². The van der Waals surface area contributed by atoms with Crippen molar-refractivity contribution >= 4 is 5.97 Å². The van der Waals surface area contributed by atoms with Gasteiger partial charge in [0.25, 0.3) is 5.79 Å². The summed E-state index contributed by atoms with van der Waals surface area (Å²) < 4.78 is 26.3. The van der Waals surface area contributed by atoms with Crippen LogP contribution in [0.15, 0.2) is 0 Å². The molecule has 1 aliphatic rings. The van der Waals surface area contributed by atoms with E-state index in [0.717, 1.165) is 32.1 Å². The van der Waals surface area contributed by atoms with Crippen molar-refractivity contribution in [2.75, 3.05) is 0 Å². The van der Waals surface area contributed by atoms with Crippen molar-refractivity contribution in [3.05, 3.63) is 0 Å². The number of carbonyl (C=O) groups is 1. The molecule has 0 amide bonds. The zero-order valence-corrected chi connectivity index (χ0v) is 9.98. The van der Waals surface area contributed by atoms with Gasteiger partial charge < -0.3 is 21.1 Å². The molecular weight excluding hydrogens is 248 g/mol. The number of halogens is 2. The number of nitrogens with two attached hydrogens (primary N) is 1. The Kier molecular flexibility index (Phi) is 4.63. The van der Waals surface area contributed by atoms with Gasteiger partial charge in [0.2, 0.25) is 0 Å². The van der Waals surface area contributed by atoms with Crippen molar-refractivity contribution < 1.29 is 28.9 Å². The molecule has 0 heterocycles. The SMILES string of the molecule is N[C@@H](CC1CCCCC1)C(O)(O)C(F)(F)C(=O)O. The fourth-order valence-electron chi connectivity index (χ4n) is 2.34. The van der Waals surface area contributed by atoms with Crippen LogP contribution in [-0.2, 0) is 4.79 Å². The van der Waals surface area contributed by atoms with Crippen LogP contribution in [0.3, 0.4) is 0 Å². The summed E-state index contributed by atoms with van der Waals surface area (Å²) in [5, 5.41) is 26.9. The number of hydrogen-bond acceptors (Lipinski definition) is 4. The van der Waals surface area contributed by atoms with Gasteiger partial charge in [-0.3, -0.25) is 0 Å². The first-order valence-corrected chi connectivity index (χ1v) is 6.01. The third kappa shape index (κ3) is 2.96. The molecule has 1 atom stereocenters. The minimum absolute atomic E-state index is 0.0180. The molecule has 0 aromatic carbocycles. The molecule has 5 N–H and O–H groups in total. The Morgan fingerprint density at radius 3 is 2.22 bits per heavy atom. The highest BCUT2D eigenvalue weighted by Crippen LogP contribution is 2.34. The molecule has 0 unspecified atom stereocenters. The molecule has 0 aromatic rings. The second-order valence-corrected chi connectivity index (χ2v) is 4.95. The molecule has 0 aliphatic heterocycles. The highest BCUT2D eigenvalue weighted by atomic mass is 19.3. The first-order valence-electron chi connectivity index (χ1n) is 6.01. The van der Waals surface area contributed by atoms with E-state index in [4.69, 9.17) is 10.8 Å². The second-order valence-electron chi connectivity index (χ2n) is 4.95. The molecule has 0 spiro atoms. The van der Waals surface area contributed by atoms with E-state index < -0.39 is 23.7 Å². The maximum atomic E-state index is 13.1. The number of aliphatic carboxylic acids is 1. The number of hydrogen-bond donors (Lipinski definition) is 4. The zero-order valence-electron chi connectivity index (χ0n) is 9.98. The van der Waals surface area contributed by atoms with Crippen molar-refractivity contribution in [3.63, 3.8) is 0 Å². The molecule has 0 aromatic heterocycles. The maximum Gasteiger partial charge on any atom is 0.396 e. The highest BCUT2D eigenvalue weighted by molar-refractivity contribution is 5.76. The van der Waals surface area contributed by atoms with Crippen LogP contribution in [0.2, 0.25) is 0 Å². The average molecular weight is 267 g/mol. The third-order valence-electron chi connectivity index (χ3n) is 3.56. The van der Waals surface area contributed by atoms with E-state index in [1.54, 1.807) is 0 Å². The summed E-state index contributed by atoms with van der Waals surface area (Å²) in [6.07, 6.45) is 4.55. The van der Waals surface area contributed by atoms with Gasteiger partial charge in [-0.25, -0.2) is 4.79 Å². The molecule has 0 bridgehead atoms. The van der Waals surface area contributed by atoms with Crippen LogP contribution in [-0.4, -0.2) is 39.0 Å². The Balaban J connectivity index is 2.68. The summed E-state index contributed by atoms with van der Waals surface area (Å²) in [6.45, 7) is 0. The van der Waals surface area contributed by atoms with Crippen LogP contribution in [0.25, 0.3) is 0 Å². The first kappa shape index (κ1) is 15.3. The number of carboxylic acid groups (broad SMARTS) is 1. The van der Waals surface area contributed by atoms with Crippen LogP contribution in [0.5, 0.6) is 0 Å². The van der Waals surface area contributed by atoms with Crippen LogP contribution >= 0.6 is 0 Å². The number of carboxylic acids is 1. The predicted molar refractivity (Wildman–Crippen MR) is 58.9 cm³/mol. The van der Waals surface area contributed by atoms with Crippen LogP contribution < -0.4 is 5.73 Å². The number of aliphatic hydroxyl groups is 2. The second kappa shape index (κ2) is 5.46. The quantitative estimate of drug-likeness (QED) is 0.548. The van der Waals surface area contributed by atoms with Crippen molar-refractivity contribution in [2.24, 2.45) is 11.7 Å². The largest absolute Gasteiger partial charge is 0.477 e. The van der Waals surface area contributed by atoms with E-state index in [9.17, 15) is 23.8 Å². The van der Waals surface area contributed by atoms with Gasteiger partial charge in [0.15, 0.2) is 0 Å². The van der Waals surface area contributed by atoms with E-state index in [2.05, 4.69) is 0 Å². The van der Waals surface area contributed by atoms with Crippen molar-refractivity contribution in [1.82, 2.24) is 0 Å². The molecular formula is C11H19F2NO4. The predicted octanol–water partition coefficient (Wildman–Crippen LogP) is 0.685. The molecule has 1 saturated carbocycles. The smallest absolute Gasteiger partial charge is 0.396 e. The number of alkyl halides is 2. The Morgan fingerprint density at radius 1 is 1.28 bits per heavy atom. The van der Waals surface area contributed by atoms with Gasteiger partial charge in [0.05, 0.1) is 6.04 Å². The van der Waals surface area contributed by atoms with E-state index in [1.165, 1.54) is 0 Å². The molecule has 1 aliphatic carbocycles. The summed E-state index contributed by atoms with van der Waals surface area (Å²) in [5.74, 6) is -11.0. The van der Waals surface area contributed by atoms with Crippen molar-refractivity contribution in [2.45, 2.75) is 56.3 Å². The first-order chi connectivity index (χ1) is 8.19. The Morgan fingerprint density at radius 2 is 1.78 bits per heavy atom. The lowest BCUT2D eigenvalue weighted by atomic mass is 9.82. The van der Waals surface area contributed by atoms with Gasteiger partial charge in [0, 0.05) is 0 Å². The summed E-state index contributed by atoms with van der Waals surface area (Å²) >= 11 is 0. The van der Waals surface area contributed by atoms with E-state index in [-0.39, 0.29) is 12.3 Å². The summed E-state index contributed by atoms with van der Waals surface area (Å²) in [5.41, 5.74) is 5.36. The third-order valence-corrected chi connectivity index (χ3v) is 3.56. The fourth-order valence-corrected chi connectivity index (χ4v) is 2.34. The molecule has 0 radical (unpaired) electrons. The monoisotopic (exact) mass is 267 g/mol. The lowest BCUT2D eigenvalue weighted by Crippen LogP contribution is -2.63. The maximum absolute atomic E-state index is 13.1. The zero-order chi connectivity index (χ0) is 14.0. The molecule has 18 heavy (non-hydrogen) atoms.